The highest BCUT2D eigenvalue weighted by Crippen LogP contribution is 2.28. The third kappa shape index (κ3) is 2.99. The third-order valence-corrected chi connectivity index (χ3v) is 3.31. The van der Waals surface area contributed by atoms with Crippen LogP contribution in [0.5, 0.6) is 0 Å². The highest BCUT2D eigenvalue weighted by molar-refractivity contribution is 6.01. The Hall–Kier alpha value is -2.30. The van der Waals surface area contributed by atoms with Crippen LogP contribution in [-0.4, -0.2) is 34.6 Å². The van der Waals surface area contributed by atoms with Gasteiger partial charge in [0.2, 0.25) is 0 Å². The van der Waals surface area contributed by atoms with Crippen molar-refractivity contribution in [2.24, 2.45) is 0 Å². The van der Waals surface area contributed by atoms with Crippen LogP contribution in [0.25, 0.3) is 0 Å². The molecular formula is C15H18N2O3. The Morgan fingerprint density at radius 3 is 2.75 bits per heavy atom. The van der Waals surface area contributed by atoms with E-state index in [1.54, 1.807) is 30.0 Å². The fourth-order valence-corrected chi connectivity index (χ4v) is 2.11. The number of rotatable bonds is 5. The fourth-order valence-electron chi connectivity index (χ4n) is 2.11. The highest BCUT2D eigenvalue weighted by Gasteiger charge is 2.32. The minimum atomic E-state index is -1.05. The molecule has 2 amide bonds. The van der Waals surface area contributed by atoms with E-state index < -0.39 is 5.97 Å². The van der Waals surface area contributed by atoms with Crippen molar-refractivity contribution >= 4 is 17.7 Å². The molecule has 0 bridgehead atoms. The molecule has 0 spiro atoms. The molecule has 0 aromatic heterocycles. The van der Waals surface area contributed by atoms with Gasteiger partial charge in [-0.3, -0.25) is 0 Å². The number of aromatic carboxylic acids is 1. The number of carbonyl (C=O) groups is 2. The van der Waals surface area contributed by atoms with Crippen molar-refractivity contribution < 1.29 is 14.7 Å². The number of hydrogen-bond acceptors (Lipinski definition) is 2. The zero-order valence-electron chi connectivity index (χ0n) is 11.4. The molecule has 0 unspecified atom stereocenters. The number of aryl methyl sites for hydroxylation is 1. The number of carbonyl (C=O) groups excluding carboxylic acids is 1. The summed E-state index contributed by atoms with van der Waals surface area (Å²) in [5.74, 6) is -1.05. The van der Waals surface area contributed by atoms with Gasteiger partial charge in [-0.25, -0.2) is 9.59 Å². The summed E-state index contributed by atoms with van der Waals surface area (Å²) in [6.07, 6.45) is 3.65. The predicted octanol–water partition coefficient (Wildman–Crippen LogP) is 2.88. The van der Waals surface area contributed by atoms with Crippen LogP contribution in [0.3, 0.4) is 0 Å². The van der Waals surface area contributed by atoms with Crippen molar-refractivity contribution in [2.45, 2.75) is 25.8 Å². The lowest BCUT2D eigenvalue weighted by Gasteiger charge is -2.22. The van der Waals surface area contributed by atoms with Gasteiger partial charge in [-0.15, -0.1) is 6.58 Å². The Labute approximate surface area is 117 Å². The number of urea groups is 1. The molecule has 0 aliphatic heterocycles. The summed E-state index contributed by atoms with van der Waals surface area (Å²) < 4.78 is 0. The molecule has 1 fully saturated rings. The highest BCUT2D eigenvalue weighted by atomic mass is 16.4. The van der Waals surface area contributed by atoms with Gasteiger partial charge in [0, 0.05) is 12.6 Å². The van der Waals surface area contributed by atoms with Gasteiger partial charge in [0.25, 0.3) is 0 Å². The second-order valence-corrected chi connectivity index (χ2v) is 4.90. The first kappa shape index (κ1) is 14.1. The molecular weight excluding hydrogens is 256 g/mol. The molecule has 106 valence electrons. The normalized spacial score (nSPS) is 13.7. The maximum absolute atomic E-state index is 12.3. The van der Waals surface area contributed by atoms with Gasteiger partial charge in [-0.2, -0.15) is 0 Å². The van der Waals surface area contributed by atoms with Crippen molar-refractivity contribution in [3.8, 4) is 0 Å². The third-order valence-electron chi connectivity index (χ3n) is 3.31. The Morgan fingerprint density at radius 2 is 2.20 bits per heavy atom. The summed E-state index contributed by atoms with van der Waals surface area (Å²) in [6.45, 7) is 5.89. The van der Waals surface area contributed by atoms with Crippen LogP contribution in [-0.2, 0) is 0 Å². The molecule has 5 nitrogen and oxygen atoms in total. The van der Waals surface area contributed by atoms with Gasteiger partial charge in [0.05, 0.1) is 11.3 Å². The van der Waals surface area contributed by atoms with E-state index in [0.29, 0.717) is 12.2 Å². The molecule has 0 atom stereocenters. The summed E-state index contributed by atoms with van der Waals surface area (Å²) in [6, 6.07) is 4.89. The second kappa shape index (κ2) is 5.77. The van der Waals surface area contributed by atoms with Gasteiger partial charge in [-0.1, -0.05) is 18.2 Å². The van der Waals surface area contributed by atoms with E-state index in [4.69, 9.17) is 0 Å². The number of anilines is 1. The van der Waals surface area contributed by atoms with E-state index >= 15 is 0 Å². The van der Waals surface area contributed by atoms with Crippen LogP contribution in [0.4, 0.5) is 10.5 Å². The molecule has 1 aromatic carbocycles. The zero-order chi connectivity index (χ0) is 14.7. The number of amides is 2. The van der Waals surface area contributed by atoms with Crippen LogP contribution < -0.4 is 5.32 Å². The van der Waals surface area contributed by atoms with Crippen LogP contribution in [0.15, 0.2) is 30.9 Å². The zero-order valence-corrected chi connectivity index (χ0v) is 11.4. The summed E-state index contributed by atoms with van der Waals surface area (Å²) >= 11 is 0. The number of nitrogens with one attached hydrogen (secondary N) is 1. The van der Waals surface area contributed by atoms with Crippen LogP contribution in [0.2, 0.25) is 0 Å². The molecule has 0 radical (unpaired) electrons. The Kier molecular flexibility index (Phi) is 4.08. The topological polar surface area (TPSA) is 69.6 Å². The molecule has 20 heavy (non-hydrogen) atoms. The van der Waals surface area contributed by atoms with Crippen molar-refractivity contribution in [3.05, 3.63) is 42.0 Å². The van der Waals surface area contributed by atoms with Crippen molar-refractivity contribution in [3.63, 3.8) is 0 Å². The quantitative estimate of drug-likeness (QED) is 0.811. The molecule has 0 saturated heterocycles. The SMILES string of the molecule is C=CCN(C(=O)Nc1c(C)cccc1C(=O)O)C1CC1. The summed E-state index contributed by atoms with van der Waals surface area (Å²) in [7, 11) is 0. The Balaban J connectivity index is 2.22. The largest absolute Gasteiger partial charge is 0.478 e. The smallest absolute Gasteiger partial charge is 0.337 e. The predicted molar refractivity (Wildman–Crippen MR) is 77.1 cm³/mol. The van der Waals surface area contributed by atoms with Gasteiger partial charge in [-0.05, 0) is 31.4 Å². The number of nitrogens with zero attached hydrogens (tertiary/aromatic N) is 1. The first-order valence-electron chi connectivity index (χ1n) is 6.56. The molecule has 0 heterocycles. The minimum Gasteiger partial charge on any atom is -0.478 e. The Morgan fingerprint density at radius 1 is 1.50 bits per heavy atom. The summed E-state index contributed by atoms with van der Waals surface area (Å²) in [5.41, 5.74) is 1.19. The fraction of sp³-hybridized carbons (Fsp3) is 0.333. The van der Waals surface area contributed by atoms with Crippen molar-refractivity contribution in [2.75, 3.05) is 11.9 Å². The van der Waals surface area contributed by atoms with Gasteiger partial charge < -0.3 is 15.3 Å². The molecule has 1 aromatic rings. The maximum Gasteiger partial charge on any atom is 0.337 e. The number of carboxylic acids is 1. The molecule has 2 N–H and O–H groups in total. The number of benzene rings is 1. The van der Waals surface area contributed by atoms with E-state index in [1.165, 1.54) is 6.07 Å². The van der Waals surface area contributed by atoms with Gasteiger partial charge in [0.15, 0.2) is 0 Å². The average Bonchev–Trinajstić information content (AvgIpc) is 3.22. The summed E-state index contributed by atoms with van der Waals surface area (Å²) in [5, 5.41) is 11.9. The van der Waals surface area contributed by atoms with Gasteiger partial charge >= 0.3 is 12.0 Å². The number of hydrogen-bond donors (Lipinski definition) is 2. The van der Waals surface area contributed by atoms with Crippen LogP contribution in [0.1, 0.15) is 28.8 Å². The van der Waals surface area contributed by atoms with E-state index in [0.717, 1.165) is 18.4 Å². The molecule has 1 aliphatic carbocycles. The Bertz CT molecular complexity index is 550. The molecule has 1 aliphatic rings. The van der Waals surface area contributed by atoms with E-state index in [9.17, 15) is 14.7 Å². The minimum absolute atomic E-state index is 0.104. The van der Waals surface area contributed by atoms with E-state index in [2.05, 4.69) is 11.9 Å². The van der Waals surface area contributed by atoms with E-state index in [1.807, 2.05) is 0 Å². The lowest BCUT2D eigenvalue weighted by Crippen LogP contribution is -2.37. The molecule has 1 saturated carbocycles. The first-order chi connectivity index (χ1) is 9.54. The number of para-hydroxylation sites is 1. The van der Waals surface area contributed by atoms with E-state index in [-0.39, 0.29) is 17.6 Å². The molecule has 5 heteroatoms. The van der Waals surface area contributed by atoms with Crippen molar-refractivity contribution in [1.29, 1.82) is 0 Å². The number of carboxylic acid groups (broad SMARTS) is 1. The lowest BCUT2D eigenvalue weighted by molar-refractivity contribution is 0.0698. The standard InChI is InChI=1S/C15H18N2O3/c1-3-9-17(11-7-8-11)15(20)16-13-10(2)5-4-6-12(13)14(18)19/h3-6,11H,1,7-9H2,2H3,(H,16,20)(H,18,19). The monoisotopic (exact) mass is 274 g/mol. The van der Waals surface area contributed by atoms with Gasteiger partial charge in [0.1, 0.15) is 0 Å². The second-order valence-electron chi connectivity index (χ2n) is 4.90. The first-order valence-corrected chi connectivity index (χ1v) is 6.56. The average molecular weight is 274 g/mol. The lowest BCUT2D eigenvalue weighted by atomic mass is 10.1. The maximum atomic E-state index is 12.3. The van der Waals surface area contributed by atoms with Crippen LogP contribution >= 0.6 is 0 Å². The van der Waals surface area contributed by atoms with Crippen LogP contribution in [0, 0.1) is 6.92 Å². The van der Waals surface area contributed by atoms with Crippen molar-refractivity contribution in [1.82, 2.24) is 4.90 Å². The molecule has 2 rings (SSSR count). The summed E-state index contributed by atoms with van der Waals surface area (Å²) in [4.78, 5) is 25.2.